The Labute approximate surface area is 370 Å². The molecule has 356 valence electrons. The van der Waals surface area contributed by atoms with Crippen molar-refractivity contribution in [3.8, 4) is 0 Å². The van der Waals surface area contributed by atoms with Crippen LogP contribution in [0.3, 0.4) is 0 Å². The van der Waals surface area contributed by atoms with Crippen molar-refractivity contribution in [2.75, 3.05) is 26.4 Å². The summed E-state index contributed by atoms with van der Waals surface area (Å²) in [4.78, 5) is 35.0. The number of carbonyl (C=O) groups is 2. The first kappa shape index (κ1) is 58.8. The lowest BCUT2D eigenvalue weighted by molar-refractivity contribution is -0.161. The molecule has 3 N–H and O–H groups in total. The standard InChI is InChI=1S/C50H98NO8P/c1-3-5-7-9-11-13-15-17-19-21-22-23-24-25-26-27-29-30-32-34-36-38-40-42-49(52)56-46-48(47-58-60(54,55)57-45-44-51)59-50(53)43-41-39-37-35-33-31-28-20-18-16-14-12-10-8-6-4-2/h34,36,48H,3-33,35,37-47,51H2,1-2H3,(H,54,55)/b36-34+/t48-/m0/s1. The van der Waals surface area contributed by atoms with E-state index < -0.39 is 32.5 Å². The Balaban J connectivity index is 4.01. The van der Waals surface area contributed by atoms with Gasteiger partial charge in [0.2, 0.25) is 0 Å². The van der Waals surface area contributed by atoms with Gasteiger partial charge in [0.15, 0.2) is 6.10 Å². The summed E-state index contributed by atoms with van der Waals surface area (Å²) < 4.78 is 32.9. The van der Waals surface area contributed by atoms with Gasteiger partial charge in [0.05, 0.1) is 13.2 Å². The van der Waals surface area contributed by atoms with Crippen LogP contribution in [0.5, 0.6) is 0 Å². The number of rotatable bonds is 49. The lowest BCUT2D eigenvalue weighted by atomic mass is 10.0. The van der Waals surface area contributed by atoms with Crippen molar-refractivity contribution >= 4 is 19.8 Å². The molecule has 0 aliphatic heterocycles. The molecule has 0 radical (unpaired) electrons. The van der Waals surface area contributed by atoms with Crippen molar-refractivity contribution in [1.29, 1.82) is 0 Å². The van der Waals surface area contributed by atoms with Gasteiger partial charge in [-0.3, -0.25) is 18.6 Å². The molecule has 1 unspecified atom stereocenters. The Kier molecular flexibility index (Phi) is 46.3. The minimum atomic E-state index is -4.38. The van der Waals surface area contributed by atoms with Gasteiger partial charge in [-0.15, -0.1) is 0 Å². The van der Waals surface area contributed by atoms with E-state index in [1.165, 1.54) is 199 Å². The average Bonchev–Trinajstić information content (AvgIpc) is 3.24. The van der Waals surface area contributed by atoms with Gasteiger partial charge in [-0.1, -0.05) is 231 Å². The highest BCUT2D eigenvalue weighted by atomic mass is 31.2. The third kappa shape index (κ3) is 46.3. The highest BCUT2D eigenvalue weighted by Crippen LogP contribution is 2.43. The van der Waals surface area contributed by atoms with Gasteiger partial charge in [-0.25, -0.2) is 4.57 Å². The zero-order chi connectivity index (χ0) is 43.9. The van der Waals surface area contributed by atoms with E-state index >= 15 is 0 Å². The minimum Gasteiger partial charge on any atom is -0.462 e. The number of phosphoric ester groups is 1. The van der Waals surface area contributed by atoms with Crippen LogP contribution in [0, 0.1) is 0 Å². The molecule has 0 rings (SSSR count). The zero-order valence-corrected chi connectivity index (χ0v) is 40.4. The summed E-state index contributed by atoms with van der Waals surface area (Å²) in [6.07, 6.45) is 51.2. The van der Waals surface area contributed by atoms with Crippen LogP contribution < -0.4 is 5.73 Å². The summed E-state index contributed by atoms with van der Waals surface area (Å²) in [5.74, 6) is -0.849. The van der Waals surface area contributed by atoms with E-state index in [4.69, 9.17) is 24.3 Å². The molecule has 0 aromatic carbocycles. The van der Waals surface area contributed by atoms with Crippen molar-refractivity contribution in [3.05, 3.63) is 12.2 Å². The van der Waals surface area contributed by atoms with Gasteiger partial charge in [0.1, 0.15) is 6.61 Å². The van der Waals surface area contributed by atoms with Crippen molar-refractivity contribution in [2.45, 2.75) is 270 Å². The quantitative estimate of drug-likeness (QED) is 0.0265. The number of hydrogen-bond acceptors (Lipinski definition) is 8. The molecule has 0 aromatic heterocycles. The molecule has 0 aliphatic rings. The second-order valence-corrected chi connectivity index (χ2v) is 18.9. The van der Waals surface area contributed by atoms with Gasteiger partial charge in [0, 0.05) is 19.4 Å². The maximum atomic E-state index is 12.6. The third-order valence-electron chi connectivity index (χ3n) is 11.4. The maximum absolute atomic E-state index is 12.6. The van der Waals surface area contributed by atoms with E-state index in [1.807, 2.05) is 0 Å². The molecule has 2 atom stereocenters. The summed E-state index contributed by atoms with van der Waals surface area (Å²) >= 11 is 0. The molecule has 60 heavy (non-hydrogen) atoms. The molecule has 0 amide bonds. The first-order chi connectivity index (χ1) is 29.3. The van der Waals surface area contributed by atoms with Crippen molar-refractivity contribution in [2.24, 2.45) is 5.73 Å². The van der Waals surface area contributed by atoms with Crippen LogP contribution in [-0.4, -0.2) is 49.3 Å². The number of carbonyl (C=O) groups excluding carboxylic acids is 2. The molecular formula is C50H98NO8P. The molecule has 9 nitrogen and oxygen atoms in total. The van der Waals surface area contributed by atoms with Crippen molar-refractivity contribution < 1.29 is 37.6 Å². The van der Waals surface area contributed by atoms with E-state index in [9.17, 15) is 19.0 Å². The van der Waals surface area contributed by atoms with E-state index in [-0.39, 0.29) is 32.6 Å². The molecule has 0 bridgehead atoms. The SMILES string of the molecule is CCCCCCCCCCCCCCCCCCCC/C=C/CCCC(=O)OC[C@@H](COP(=O)(O)OCCN)OC(=O)CCCCCCCCCCCCCCCCCC. The summed E-state index contributed by atoms with van der Waals surface area (Å²) in [6, 6.07) is 0. The number of unbranched alkanes of at least 4 members (excludes halogenated alkanes) is 34. The van der Waals surface area contributed by atoms with Gasteiger partial charge in [0.25, 0.3) is 0 Å². The summed E-state index contributed by atoms with van der Waals surface area (Å²) in [7, 11) is -4.38. The fourth-order valence-corrected chi connectivity index (χ4v) is 8.35. The molecule has 0 spiro atoms. The first-order valence-corrected chi connectivity index (χ1v) is 27.2. The van der Waals surface area contributed by atoms with E-state index in [0.29, 0.717) is 12.8 Å². The van der Waals surface area contributed by atoms with Crippen LogP contribution in [0.1, 0.15) is 264 Å². The molecule has 0 aliphatic carbocycles. The maximum Gasteiger partial charge on any atom is 0.472 e. The fourth-order valence-electron chi connectivity index (χ4n) is 7.58. The fraction of sp³-hybridized carbons (Fsp3) is 0.920. The summed E-state index contributed by atoms with van der Waals surface area (Å²) in [5, 5.41) is 0. The van der Waals surface area contributed by atoms with Crippen LogP contribution in [0.25, 0.3) is 0 Å². The second-order valence-electron chi connectivity index (χ2n) is 17.4. The van der Waals surface area contributed by atoms with Crippen LogP contribution in [-0.2, 0) is 32.7 Å². The van der Waals surface area contributed by atoms with Gasteiger partial charge in [-0.2, -0.15) is 0 Å². The highest BCUT2D eigenvalue weighted by molar-refractivity contribution is 7.47. The smallest absolute Gasteiger partial charge is 0.462 e. The molecule has 0 aromatic rings. The molecule has 0 heterocycles. The molecular weight excluding hydrogens is 774 g/mol. The number of allylic oxidation sites excluding steroid dienone is 2. The van der Waals surface area contributed by atoms with E-state index in [1.54, 1.807) is 0 Å². The van der Waals surface area contributed by atoms with Crippen LogP contribution in [0.2, 0.25) is 0 Å². The monoisotopic (exact) mass is 872 g/mol. The highest BCUT2D eigenvalue weighted by Gasteiger charge is 2.26. The lowest BCUT2D eigenvalue weighted by Crippen LogP contribution is -2.29. The normalized spacial score (nSPS) is 13.2. The Morgan fingerprint density at radius 3 is 1.23 bits per heavy atom. The number of ether oxygens (including phenoxy) is 2. The molecule has 0 fully saturated rings. The van der Waals surface area contributed by atoms with Gasteiger partial charge < -0.3 is 20.1 Å². The Bertz CT molecular complexity index is 995. The topological polar surface area (TPSA) is 134 Å². The Hall–Kier alpha value is -1.25. The number of nitrogens with two attached hydrogens (primary N) is 1. The predicted octanol–water partition coefficient (Wildman–Crippen LogP) is 15.3. The van der Waals surface area contributed by atoms with Gasteiger partial charge >= 0.3 is 19.8 Å². The van der Waals surface area contributed by atoms with E-state index in [0.717, 1.165) is 25.7 Å². The average molecular weight is 872 g/mol. The predicted molar refractivity (Wildman–Crippen MR) is 252 cm³/mol. The molecule has 10 heteroatoms. The summed E-state index contributed by atoms with van der Waals surface area (Å²) in [6.45, 7) is 3.76. The molecule has 0 saturated carbocycles. The first-order valence-electron chi connectivity index (χ1n) is 25.7. The van der Waals surface area contributed by atoms with Crippen LogP contribution in [0.4, 0.5) is 0 Å². The molecule has 0 saturated heterocycles. The van der Waals surface area contributed by atoms with Gasteiger partial charge in [-0.05, 0) is 32.1 Å². The Morgan fingerprint density at radius 1 is 0.483 bits per heavy atom. The lowest BCUT2D eigenvalue weighted by Gasteiger charge is -2.19. The zero-order valence-electron chi connectivity index (χ0n) is 39.5. The largest absolute Gasteiger partial charge is 0.472 e. The number of esters is 2. The van der Waals surface area contributed by atoms with Crippen LogP contribution in [0.15, 0.2) is 12.2 Å². The van der Waals surface area contributed by atoms with E-state index in [2.05, 4.69) is 26.0 Å². The minimum absolute atomic E-state index is 0.0536. The van der Waals surface area contributed by atoms with Crippen LogP contribution >= 0.6 is 7.82 Å². The Morgan fingerprint density at radius 2 is 0.833 bits per heavy atom. The van der Waals surface area contributed by atoms with Crippen molar-refractivity contribution in [1.82, 2.24) is 0 Å². The van der Waals surface area contributed by atoms with Crippen molar-refractivity contribution in [3.63, 3.8) is 0 Å². The number of hydrogen-bond donors (Lipinski definition) is 2. The summed E-state index contributed by atoms with van der Waals surface area (Å²) in [5.41, 5.74) is 5.36. The third-order valence-corrected chi connectivity index (χ3v) is 12.4. The number of phosphoric acid groups is 1. The second kappa shape index (κ2) is 47.2.